The fourth-order valence-corrected chi connectivity index (χ4v) is 2.38. The minimum absolute atomic E-state index is 0.528. The smallest absolute Gasteiger partial charge is 0.219 e. The number of hydrogen-bond donors (Lipinski definition) is 0. The number of rotatable bonds is 6. The lowest BCUT2D eigenvalue weighted by Crippen LogP contribution is -1.90. The van der Waals surface area contributed by atoms with E-state index in [1.54, 1.807) is 27.5 Å². The minimum Gasteiger partial charge on any atom is -0.497 e. The summed E-state index contributed by atoms with van der Waals surface area (Å²) >= 11 is 0. The maximum Gasteiger partial charge on any atom is 0.219 e. The molecule has 5 nitrogen and oxygen atoms in total. The lowest BCUT2D eigenvalue weighted by molar-refractivity contribution is 0.355. The summed E-state index contributed by atoms with van der Waals surface area (Å²) in [5, 5.41) is 0. The van der Waals surface area contributed by atoms with Gasteiger partial charge in [0.05, 0.1) is 27.5 Å². The van der Waals surface area contributed by atoms with Crippen LogP contribution in [-0.4, -0.2) is 26.3 Å². The predicted octanol–water partition coefficient (Wildman–Crippen LogP) is 4.54. The molecule has 0 N–H and O–H groups in total. The maximum atomic E-state index is 5.77. The van der Waals surface area contributed by atoms with E-state index in [-0.39, 0.29) is 0 Å². The molecule has 25 heavy (non-hydrogen) atoms. The van der Waals surface area contributed by atoms with Gasteiger partial charge in [-0.05, 0) is 48.0 Å². The molecule has 3 rings (SSSR count). The van der Waals surface area contributed by atoms with Crippen LogP contribution in [0.2, 0.25) is 0 Å². The molecule has 0 radical (unpaired) electrons. The van der Waals surface area contributed by atoms with Crippen LogP contribution in [0.3, 0.4) is 0 Å². The molecule has 0 bridgehead atoms. The molecule has 1 heterocycles. The number of ether oxygens (including phenoxy) is 3. The van der Waals surface area contributed by atoms with Gasteiger partial charge in [-0.15, -0.1) is 0 Å². The Bertz CT molecular complexity index is 866. The number of benzene rings is 2. The highest BCUT2D eigenvalue weighted by Gasteiger charge is 2.06. The van der Waals surface area contributed by atoms with Crippen molar-refractivity contribution >= 4 is 12.2 Å². The first-order valence-corrected chi connectivity index (χ1v) is 7.74. The van der Waals surface area contributed by atoms with Gasteiger partial charge in [0.1, 0.15) is 5.75 Å². The summed E-state index contributed by atoms with van der Waals surface area (Å²) in [4.78, 5) is 4.29. The Labute approximate surface area is 146 Å². The summed E-state index contributed by atoms with van der Waals surface area (Å²) in [6, 6.07) is 13.3. The summed E-state index contributed by atoms with van der Waals surface area (Å²) < 4.78 is 21.5. The van der Waals surface area contributed by atoms with Crippen LogP contribution in [0.25, 0.3) is 23.5 Å². The molecule has 0 spiro atoms. The molecule has 2 aromatic carbocycles. The van der Waals surface area contributed by atoms with Crippen molar-refractivity contribution in [1.82, 2.24) is 4.98 Å². The fraction of sp³-hybridized carbons (Fsp3) is 0.150. The Morgan fingerprint density at radius 2 is 1.60 bits per heavy atom. The standard InChI is InChI=1S/C20H19NO4/c1-22-16-8-6-15(7-9-16)19-13-21-20(25-19)11-5-14-4-10-17(23-2)18(12-14)24-3/h4-13H,1-3H3. The lowest BCUT2D eigenvalue weighted by atomic mass is 10.2. The highest BCUT2D eigenvalue weighted by atomic mass is 16.5. The topological polar surface area (TPSA) is 53.7 Å². The lowest BCUT2D eigenvalue weighted by Gasteiger charge is -2.07. The molecule has 0 aliphatic rings. The maximum absolute atomic E-state index is 5.77. The van der Waals surface area contributed by atoms with Crippen LogP contribution in [0.4, 0.5) is 0 Å². The highest BCUT2D eigenvalue weighted by Crippen LogP contribution is 2.28. The molecule has 0 fully saturated rings. The van der Waals surface area contributed by atoms with Crippen LogP contribution in [-0.2, 0) is 0 Å². The van der Waals surface area contributed by atoms with Gasteiger partial charge in [0, 0.05) is 11.6 Å². The van der Waals surface area contributed by atoms with E-state index in [2.05, 4.69) is 4.98 Å². The van der Waals surface area contributed by atoms with E-state index >= 15 is 0 Å². The monoisotopic (exact) mass is 337 g/mol. The molecule has 0 aliphatic carbocycles. The average Bonchev–Trinajstić information content (AvgIpc) is 3.15. The van der Waals surface area contributed by atoms with Crippen LogP contribution >= 0.6 is 0 Å². The Morgan fingerprint density at radius 1 is 0.840 bits per heavy atom. The van der Waals surface area contributed by atoms with Gasteiger partial charge < -0.3 is 18.6 Å². The Balaban J connectivity index is 1.77. The average molecular weight is 337 g/mol. The molecule has 0 amide bonds. The molecule has 5 heteroatoms. The van der Waals surface area contributed by atoms with Gasteiger partial charge >= 0.3 is 0 Å². The van der Waals surface area contributed by atoms with E-state index in [4.69, 9.17) is 18.6 Å². The second kappa shape index (κ2) is 7.57. The largest absolute Gasteiger partial charge is 0.497 e. The van der Waals surface area contributed by atoms with Crippen molar-refractivity contribution in [1.29, 1.82) is 0 Å². The molecular weight excluding hydrogens is 318 g/mol. The normalized spacial score (nSPS) is 10.8. The van der Waals surface area contributed by atoms with E-state index in [0.29, 0.717) is 23.1 Å². The van der Waals surface area contributed by atoms with Crippen molar-refractivity contribution in [2.75, 3.05) is 21.3 Å². The molecule has 0 aliphatic heterocycles. The summed E-state index contributed by atoms with van der Waals surface area (Å²) in [6.07, 6.45) is 5.43. The van der Waals surface area contributed by atoms with Crippen LogP contribution in [0.15, 0.2) is 53.1 Å². The molecule has 1 aromatic heterocycles. The van der Waals surface area contributed by atoms with Gasteiger partial charge in [0.2, 0.25) is 5.89 Å². The minimum atomic E-state index is 0.528. The zero-order valence-electron chi connectivity index (χ0n) is 14.4. The van der Waals surface area contributed by atoms with E-state index in [1.165, 1.54) is 0 Å². The van der Waals surface area contributed by atoms with Crippen LogP contribution in [0.1, 0.15) is 11.5 Å². The van der Waals surface area contributed by atoms with Gasteiger partial charge in [0.15, 0.2) is 17.3 Å². The number of hydrogen-bond acceptors (Lipinski definition) is 5. The van der Waals surface area contributed by atoms with E-state index in [0.717, 1.165) is 16.9 Å². The SMILES string of the molecule is COc1ccc(-c2cnc(C=Cc3ccc(OC)c(OC)c3)o2)cc1. The third kappa shape index (κ3) is 3.83. The fourth-order valence-electron chi connectivity index (χ4n) is 2.38. The highest BCUT2D eigenvalue weighted by molar-refractivity contribution is 5.69. The van der Waals surface area contributed by atoms with Crippen molar-refractivity contribution in [2.24, 2.45) is 0 Å². The first-order chi connectivity index (χ1) is 12.2. The van der Waals surface area contributed by atoms with Gasteiger partial charge in [0.25, 0.3) is 0 Å². The zero-order valence-corrected chi connectivity index (χ0v) is 14.4. The molecule has 0 unspecified atom stereocenters. The second-order valence-electron chi connectivity index (χ2n) is 5.24. The molecule has 0 saturated heterocycles. The molecule has 3 aromatic rings. The van der Waals surface area contributed by atoms with E-state index < -0.39 is 0 Å². The quantitative estimate of drug-likeness (QED) is 0.661. The molecule has 128 valence electrons. The number of nitrogens with zero attached hydrogens (tertiary/aromatic N) is 1. The van der Waals surface area contributed by atoms with Crippen LogP contribution < -0.4 is 14.2 Å². The summed E-state index contributed by atoms with van der Waals surface area (Å²) in [7, 11) is 4.86. The van der Waals surface area contributed by atoms with Crippen molar-refractivity contribution in [2.45, 2.75) is 0 Å². The first kappa shape index (κ1) is 16.6. The third-order valence-corrected chi connectivity index (χ3v) is 3.72. The Morgan fingerprint density at radius 3 is 2.28 bits per heavy atom. The number of oxazole rings is 1. The van der Waals surface area contributed by atoms with Crippen molar-refractivity contribution in [3.63, 3.8) is 0 Å². The predicted molar refractivity (Wildman–Crippen MR) is 97.0 cm³/mol. The second-order valence-corrected chi connectivity index (χ2v) is 5.24. The van der Waals surface area contributed by atoms with Crippen molar-refractivity contribution in [3.8, 4) is 28.6 Å². The summed E-state index contributed by atoms with van der Waals surface area (Å²) in [5.74, 6) is 3.40. The van der Waals surface area contributed by atoms with Crippen molar-refractivity contribution in [3.05, 3.63) is 60.1 Å². The van der Waals surface area contributed by atoms with E-state index in [9.17, 15) is 0 Å². The van der Waals surface area contributed by atoms with E-state index in [1.807, 2.05) is 54.6 Å². The first-order valence-electron chi connectivity index (χ1n) is 7.74. The Kier molecular flexibility index (Phi) is 5.04. The van der Waals surface area contributed by atoms with Gasteiger partial charge in [-0.25, -0.2) is 4.98 Å². The number of aromatic nitrogens is 1. The molecule has 0 saturated carbocycles. The Hall–Kier alpha value is -3.21. The van der Waals surface area contributed by atoms with Crippen LogP contribution in [0.5, 0.6) is 17.2 Å². The van der Waals surface area contributed by atoms with Gasteiger partial charge in [-0.3, -0.25) is 0 Å². The zero-order chi connectivity index (χ0) is 17.6. The molecule has 0 atom stereocenters. The third-order valence-electron chi connectivity index (χ3n) is 3.72. The summed E-state index contributed by atoms with van der Waals surface area (Å²) in [6.45, 7) is 0. The van der Waals surface area contributed by atoms with Gasteiger partial charge in [-0.1, -0.05) is 6.07 Å². The number of methoxy groups -OCH3 is 3. The van der Waals surface area contributed by atoms with Gasteiger partial charge in [-0.2, -0.15) is 0 Å². The molecular formula is C20H19NO4. The summed E-state index contributed by atoms with van der Waals surface area (Å²) in [5.41, 5.74) is 1.90. The van der Waals surface area contributed by atoms with Crippen molar-refractivity contribution < 1.29 is 18.6 Å². The van der Waals surface area contributed by atoms with Crippen LogP contribution in [0, 0.1) is 0 Å².